The zero-order chi connectivity index (χ0) is 26.5. The van der Waals surface area contributed by atoms with E-state index in [1.165, 1.54) is 14.2 Å². The van der Waals surface area contributed by atoms with Gasteiger partial charge in [-0.3, -0.25) is 9.69 Å². The lowest BCUT2D eigenvalue weighted by molar-refractivity contribution is -0.120. The van der Waals surface area contributed by atoms with Crippen molar-refractivity contribution >= 4 is 40.7 Å². The van der Waals surface area contributed by atoms with Gasteiger partial charge in [0, 0.05) is 42.4 Å². The minimum Gasteiger partial charge on any atom is -0.467 e. The Kier molecular flexibility index (Phi) is 7.73. The smallest absolute Gasteiger partial charge is 0.414 e. The molecule has 2 fully saturated rings. The fraction of sp³-hybridized carbons (Fsp3) is 0.400. The van der Waals surface area contributed by atoms with Crippen LogP contribution in [0.2, 0.25) is 0 Å². The molecule has 0 saturated carbocycles. The fourth-order valence-corrected chi connectivity index (χ4v) is 5.06. The van der Waals surface area contributed by atoms with E-state index in [9.17, 15) is 9.59 Å². The van der Waals surface area contributed by atoms with Crippen molar-refractivity contribution in [3.63, 3.8) is 0 Å². The number of rotatable bonds is 9. The van der Waals surface area contributed by atoms with Crippen LogP contribution in [-0.4, -0.2) is 86.5 Å². The fourth-order valence-electron chi connectivity index (χ4n) is 4.36. The molecule has 1 atom stereocenters. The number of benzene rings is 1. The van der Waals surface area contributed by atoms with Crippen LogP contribution in [0.5, 0.6) is 12.0 Å². The summed E-state index contributed by atoms with van der Waals surface area (Å²) in [7, 11) is 3.01. The number of nitrogens with one attached hydrogen (secondary N) is 1. The largest absolute Gasteiger partial charge is 0.467 e. The monoisotopic (exact) mass is 539 g/mol. The molecule has 0 bridgehead atoms. The van der Waals surface area contributed by atoms with Gasteiger partial charge in [0.25, 0.3) is 0 Å². The van der Waals surface area contributed by atoms with E-state index < -0.39 is 12.2 Å². The van der Waals surface area contributed by atoms with Crippen molar-refractivity contribution in [1.82, 2.24) is 20.3 Å². The second-order valence-corrected chi connectivity index (χ2v) is 9.81. The number of carbonyl (C=O) groups is 2. The molecule has 4 heterocycles. The SMILES string of the molecule is COc1nc(OC)nc(N2CCN(c3ccc(N4CC(CNC(=O)Cc5cccs5)OC4=O)cc3)CC2)n1. The number of cyclic esters (lactones) is 1. The molecule has 38 heavy (non-hydrogen) atoms. The van der Waals surface area contributed by atoms with Crippen LogP contribution in [-0.2, 0) is 16.0 Å². The number of hydrogen-bond donors (Lipinski definition) is 1. The Labute approximate surface area is 224 Å². The third kappa shape index (κ3) is 5.88. The first kappa shape index (κ1) is 25.5. The van der Waals surface area contributed by atoms with E-state index in [1.54, 1.807) is 16.2 Å². The molecule has 5 rings (SSSR count). The van der Waals surface area contributed by atoms with Gasteiger partial charge in [-0.2, -0.15) is 9.97 Å². The first-order valence-electron chi connectivity index (χ1n) is 12.2. The summed E-state index contributed by atoms with van der Waals surface area (Å²) in [6.45, 7) is 3.65. The normalized spacial score (nSPS) is 17.4. The minimum absolute atomic E-state index is 0.0832. The van der Waals surface area contributed by atoms with Crippen LogP contribution in [0, 0.1) is 0 Å². The number of nitrogens with zero attached hydrogens (tertiary/aromatic N) is 6. The standard InChI is InChI=1S/C25H29N7O5S/c1-35-23-27-22(28-24(29-23)36-2)31-11-9-30(10-12-31)17-5-7-18(8-6-17)32-16-19(37-25(32)34)15-26-21(33)14-20-4-3-13-38-20/h3-8,13,19H,9-12,14-16H2,1-2H3,(H,26,33). The van der Waals surface area contributed by atoms with Crippen molar-refractivity contribution in [2.75, 3.05) is 68.2 Å². The molecule has 2 saturated heterocycles. The van der Waals surface area contributed by atoms with Crippen LogP contribution in [0.15, 0.2) is 41.8 Å². The molecular weight excluding hydrogens is 510 g/mol. The number of piperazine rings is 1. The van der Waals surface area contributed by atoms with E-state index in [0.717, 1.165) is 42.4 Å². The molecule has 3 aromatic rings. The summed E-state index contributed by atoms with van der Waals surface area (Å²) in [5.74, 6) is 0.439. The van der Waals surface area contributed by atoms with Gasteiger partial charge in [0.2, 0.25) is 11.9 Å². The highest BCUT2D eigenvalue weighted by Crippen LogP contribution is 2.26. The molecule has 13 heteroatoms. The number of carbonyl (C=O) groups excluding carboxylic acids is 2. The van der Waals surface area contributed by atoms with Crippen molar-refractivity contribution in [3.05, 3.63) is 46.7 Å². The van der Waals surface area contributed by atoms with Crippen molar-refractivity contribution in [1.29, 1.82) is 0 Å². The molecule has 2 amide bonds. The van der Waals surface area contributed by atoms with Crippen LogP contribution >= 0.6 is 11.3 Å². The summed E-state index contributed by atoms with van der Waals surface area (Å²) < 4.78 is 15.8. The van der Waals surface area contributed by atoms with Crippen molar-refractivity contribution in [2.24, 2.45) is 0 Å². The average molecular weight is 540 g/mol. The lowest BCUT2D eigenvalue weighted by atomic mass is 10.2. The van der Waals surface area contributed by atoms with E-state index in [2.05, 4.69) is 30.1 Å². The van der Waals surface area contributed by atoms with Crippen LogP contribution in [0.25, 0.3) is 0 Å². The first-order chi connectivity index (χ1) is 18.5. The third-order valence-corrected chi connectivity index (χ3v) is 7.23. The number of methoxy groups -OCH3 is 2. The molecule has 0 aliphatic carbocycles. The Morgan fingerprint density at radius 3 is 2.29 bits per heavy atom. The van der Waals surface area contributed by atoms with Gasteiger partial charge in [-0.1, -0.05) is 6.07 Å². The number of aromatic nitrogens is 3. The molecule has 1 aromatic carbocycles. The van der Waals surface area contributed by atoms with Gasteiger partial charge < -0.3 is 29.3 Å². The minimum atomic E-state index is -0.410. The molecule has 2 aliphatic heterocycles. The van der Waals surface area contributed by atoms with E-state index in [1.807, 2.05) is 41.8 Å². The maximum atomic E-state index is 12.5. The van der Waals surface area contributed by atoms with Crippen LogP contribution in [0.4, 0.5) is 22.1 Å². The summed E-state index contributed by atoms with van der Waals surface area (Å²) in [4.78, 5) is 44.3. The Balaban J connectivity index is 1.13. The van der Waals surface area contributed by atoms with Gasteiger partial charge in [-0.15, -0.1) is 16.3 Å². The first-order valence-corrected chi connectivity index (χ1v) is 13.1. The van der Waals surface area contributed by atoms with Crippen molar-refractivity contribution in [3.8, 4) is 12.0 Å². The predicted octanol–water partition coefficient (Wildman–Crippen LogP) is 1.96. The van der Waals surface area contributed by atoms with E-state index in [-0.39, 0.29) is 24.5 Å². The molecule has 1 unspecified atom stereocenters. The van der Waals surface area contributed by atoms with Crippen LogP contribution < -0.4 is 29.5 Å². The third-order valence-electron chi connectivity index (χ3n) is 6.35. The van der Waals surface area contributed by atoms with Gasteiger partial charge in [0.15, 0.2) is 0 Å². The zero-order valence-electron chi connectivity index (χ0n) is 21.2. The van der Waals surface area contributed by atoms with E-state index in [4.69, 9.17) is 14.2 Å². The second-order valence-electron chi connectivity index (χ2n) is 8.78. The lowest BCUT2D eigenvalue weighted by Gasteiger charge is -2.36. The number of hydrogen-bond acceptors (Lipinski definition) is 11. The van der Waals surface area contributed by atoms with Gasteiger partial charge in [-0.05, 0) is 35.7 Å². The average Bonchev–Trinajstić information content (AvgIpc) is 3.61. The van der Waals surface area contributed by atoms with Crippen LogP contribution in [0.1, 0.15) is 4.88 Å². The summed E-state index contributed by atoms with van der Waals surface area (Å²) in [5, 5.41) is 4.80. The Morgan fingerprint density at radius 1 is 1.00 bits per heavy atom. The maximum absolute atomic E-state index is 12.5. The molecule has 0 radical (unpaired) electrons. The highest BCUT2D eigenvalue weighted by atomic mass is 32.1. The van der Waals surface area contributed by atoms with Gasteiger partial charge in [0.1, 0.15) is 6.10 Å². The molecule has 200 valence electrons. The summed E-state index contributed by atoms with van der Waals surface area (Å²) in [6.07, 6.45) is -0.474. The number of anilines is 3. The topological polar surface area (TPSA) is 122 Å². The van der Waals surface area contributed by atoms with E-state index >= 15 is 0 Å². The van der Waals surface area contributed by atoms with E-state index in [0.29, 0.717) is 18.9 Å². The molecule has 1 N–H and O–H groups in total. The van der Waals surface area contributed by atoms with Crippen LogP contribution in [0.3, 0.4) is 0 Å². The maximum Gasteiger partial charge on any atom is 0.414 e. The Bertz CT molecular complexity index is 1230. The summed E-state index contributed by atoms with van der Waals surface area (Å²) in [5.41, 5.74) is 1.82. The molecule has 12 nitrogen and oxygen atoms in total. The Morgan fingerprint density at radius 2 is 1.66 bits per heavy atom. The Hall–Kier alpha value is -4.13. The van der Waals surface area contributed by atoms with Gasteiger partial charge >= 0.3 is 18.1 Å². The quantitative estimate of drug-likeness (QED) is 0.432. The van der Waals surface area contributed by atoms with Gasteiger partial charge in [-0.25, -0.2) is 4.79 Å². The number of amides is 2. The summed E-state index contributed by atoms with van der Waals surface area (Å²) >= 11 is 1.54. The molecular formula is C25H29N7O5S. The van der Waals surface area contributed by atoms with Gasteiger partial charge in [0.05, 0.1) is 33.7 Å². The predicted molar refractivity (Wildman–Crippen MR) is 142 cm³/mol. The second kappa shape index (κ2) is 11.5. The lowest BCUT2D eigenvalue weighted by Crippen LogP contribution is -2.47. The molecule has 0 spiro atoms. The highest BCUT2D eigenvalue weighted by Gasteiger charge is 2.32. The molecule has 2 aromatic heterocycles. The highest BCUT2D eigenvalue weighted by molar-refractivity contribution is 7.10. The van der Waals surface area contributed by atoms with Crippen molar-refractivity contribution in [2.45, 2.75) is 12.5 Å². The summed E-state index contributed by atoms with van der Waals surface area (Å²) in [6, 6.07) is 12.1. The number of thiophene rings is 1. The molecule has 2 aliphatic rings. The van der Waals surface area contributed by atoms with Crippen molar-refractivity contribution < 1.29 is 23.8 Å². The number of ether oxygens (including phenoxy) is 3. The zero-order valence-corrected chi connectivity index (χ0v) is 22.0.